The van der Waals surface area contributed by atoms with E-state index in [1.165, 1.54) is 95.6 Å². The fourth-order valence-electron chi connectivity index (χ4n) is 7.60. The first kappa shape index (κ1) is 27.6. The van der Waals surface area contributed by atoms with Gasteiger partial charge < -0.3 is 0 Å². The third-order valence-corrected chi connectivity index (χ3v) is 12.1. The Labute approximate surface area is 286 Å². The van der Waals surface area contributed by atoms with Crippen molar-refractivity contribution in [3.05, 3.63) is 170 Å². The normalized spacial score (nSPS) is 11.8. The van der Waals surface area contributed by atoms with Gasteiger partial charge in [-0.3, -0.25) is 0 Å². The second kappa shape index (κ2) is 11.0. The van der Waals surface area contributed by atoms with E-state index in [1.54, 1.807) is 0 Å². The van der Waals surface area contributed by atoms with Crippen molar-refractivity contribution >= 4 is 74.5 Å². The molecule has 0 spiro atoms. The molecule has 0 unspecified atom stereocenters. The lowest BCUT2D eigenvalue weighted by Crippen LogP contribution is -1.90. The van der Waals surface area contributed by atoms with Crippen molar-refractivity contribution in [2.24, 2.45) is 0 Å². The van der Waals surface area contributed by atoms with Crippen LogP contribution in [0.3, 0.4) is 0 Å². The van der Waals surface area contributed by atoms with Gasteiger partial charge in [-0.25, -0.2) is 0 Å². The van der Waals surface area contributed by atoms with E-state index < -0.39 is 0 Å². The molecule has 2 heteroatoms. The molecule has 8 aromatic carbocycles. The highest BCUT2D eigenvalue weighted by Gasteiger charge is 2.21. The predicted octanol–water partition coefficient (Wildman–Crippen LogP) is 14.2. The van der Waals surface area contributed by atoms with Crippen molar-refractivity contribution in [2.75, 3.05) is 0 Å². The minimum absolute atomic E-state index is 1.25. The summed E-state index contributed by atoms with van der Waals surface area (Å²) in [4.78, 5) is 1.33. The van der Waals surface area contributed by atoms with Gasteiger partial charge in [0, 0.05) is 46.3 Å². The summed E-state index contributed by atoms with van der Waals surface area (Å²) >= 11 is 3.84. The summed E-state index contributed by atoms with van der Waals surface area (Å²) in [5, 5.41) is 9.13. The largest absolute Gasteiger partial charge is 0.134 e. The molecular formula is C46H28S2. The van der Waals surface area contributed by atoms with Gasteiger partial charge in [0.15, 0.2) is 0 Å². The van der Waals surface area contributed by atoms with Gasteiger partial charge in [0.25, 0.3) is 0 Å². The molecule has 2 heterocycles. The van der Waals surface area contributed by atoms with E-state index in [4.69, 9.17) is 0 Å². The molecule has 0 amide bonds. The molecule has 0 aliphatic carbocycles. The minimum atomic E-state index is 1.25. The van der Waals surface area contributed by atoms with Crippen molar-refractivity contribution in [1.82, 2.24) is 0 Å². The number of thiophene rings is 2. The van der Waals surface area contributed by atoms with Gasteiger partial charge in [0.1, 0.15) is 0 Å². The number of hydrogen-bond acceptors (Lipinski definition) is 2. The van der Waals surface area contributed by atoms with Gasteiger partial charge in [0.2, 0.25) is 0 Å². The molecule has 0 bridgehead atoms. The van der Waals surface area contributed by atoms with E-state index >= 15 is 0 Å². The molecule has 0 fully saturated rings. The maximum Gasteiger partial charge on any atom is 0.0434 e. The first-order chi connectivity index (χ1) is 23.8. The summed E-state index contributed by atoms with van der Waals surface area (Å²) in [5.41, 5.74) is 9.03. The van der Waals surface area contributed by atoms with Gasteiger partial charge in [0.05, 0.1) is 0 Å². The molecule has 0 nitrogen and oxygen atoms in total. The highest BCUT2D eigenvalue weighted by molar-refractivity contribution is 7.27. The van der Waals surface area contributed by atoms with Gasteiger partial charge >= 0.3 is 0 Å². The van der Waals surface area contributed by atoms with E-state index in [0.29, 0.717) is 0 Å². The maximum absolute atomic E-state index is 2.47. The summed E-state index contributed by atoms with van der Waals surface area (Å²) in [6, 6.07) is 62.3. The smallest absolute Gasteiger partial charge is 0.0434 e. The third-order valence-electron chi connectivity index (χ3n) is 9.67. The second-order valence-electron chi connectivity index (χ2n) is 12.4. The van der Waals surface area contributed by atoms with Gasteiger partial charge in [-0.15, -0.1) is 22.7 Å². The van der Waals surface area contributed by atoms with Crippen LogP contribution in [0.4, 0.5) is 0 Å². The molecule has 10 aromatic rings. The second-order valence-corrected chi connectivity index (χ2v) is 14.5. The average Bonchev–Trinajstić information content (AvgIpc) is 3.72. The van der Waals surface area contributed by atoms with Crippen LogP contribution in [-0.2, 0) is 0 Å². The molecule has 0 atom stereocenters. The SMILES string of the molecule is c1ccc(-c2sc3cc4sc5c(-c6c7ccccc7c(-c7ccccc7)c7ccccc67)cccc5c4cc3c2-c2ccccc2)cc1. The average molecular weight is 645 g/mol. The Morgan fingerprint density at radius 3 is 1.38 bits per heavy atom. The summed E-state index contributed by atoms with van der Waals surface area (Å²) in [6.45, 7) is 0. The first-order valence-corrected chi connectivity index (χ1v) is 18.0. The molecule has 0 aliphatic rings. The molecule has 48 heavy (non-hydrogen) atoms. The number of hydrogen-bond donors (Lipinski definition) is 0. The van der Waals surface area contributed by atoms with Crippen LogP contribution in [0, 0.1) is 0 Å². The summed E-state index contributed by atoms with van der Waals surface area (Å²) in [5.74, 6) is 0. The molecule has 2 aromatic heterocycles. The summed E-state index contributed by atoms with van der Waals surface area (Å²) in [7, 11) is 0. The summed E-state index contributed by atoms with van der Waals surface area (Å²) < 4.78 is 4.01. The van der Waals surface area contributed by atoms with Crippen LogP contribution in [0.15, 0.2) is 170 Å². The Balaban J connectivity index is 1.27. The quantitative estimate of drug-likeness (QED) is 0.167. The van der Waals surface area contributed by atoms with Gasteiger partial charge in [-0.1, -0.05) is 158 Å². The highest BCUT2D eigenvalue weighted by Crippen LogP contribution is 2.51. The van der Waals surface area contributed by atoms with Crippen LogP contribution in [0.2, 0.25) is 0 Å². The molecule has 0 saturated carbocycles. The van der Waals surface area contributed by atoms with Crippen LogP contribution in [0.5, 0.6) is 0 Å². The molecular weight excluding hydrogens is 617 g/mol. The highest BCUT2D eigenvalue weighted by atomic mass is 32.1. The molecule has 0 N–H and O–H groups in total. The molecule has 0 radical (unpaired) electrons. The molecule has 0 saturated heterocycles. The lowest BCUT2D eigenvalue weighted by atomic mass is 9.86. The van der Waals surface area contributed by atoms with Crippen molar-refractivity contribution in [3.63, 3.8) is 0 Å². The van der Waals surface area contributed by atoms with E-state index in [0.717, 1.165) is 0 Å². The van der Waals surface area contributed by atoms with Crippen LogP contribution >= 0.6 is 22.7 Å². The summed E-state index contributed by atoms with van der Waals surface area (Å²) in [6.07, 6.45) is 0. The van der Waals surface area contributed by atoms with Crippen molar-refractivity contribution in [1.29, 1.82) is 0 Å². The van der Waals surface area contributed by atoms with Gasteiger partial charge in [-0.2, -0.15) is 0 Å². The standard InChI is InChI=1S/C46H28S2/c1-4-15-29(16-5-1)42-32-21-10-12-23-34(32)44(35-24-13-11-22-33(35)42)37-26-14-25-36-38-27-39-41(28-40(38)48-46(36)37)47-45(31-19-8-3-9-20-31)43(39)30-17-6-2-7-18-30/h1-28H. The first-order valence-electron chi connectivity index (χ1n) is 16.4. The van der Waals surface area contributed by atoms with E-state index in [9.17, 15) is 0 Å². The lowest BCUT2D eigenvalue weighted by Gasteiger charge is -2.18. The molecule has 224 valence electrons. The van der Waals surface area contributed by atoms with Crippen molar-refractivity contribution in [2.45, 2.75) is 0 Å². The van der Waals surface area contributed by atoms with Crippen LogP contribution in [0.25, 0.3) is 95.6 Å². The minimum Gasteiger partial charge on any atom is -0.134 e. The van der Waals surface area contributed by atoms with Crippen molar-refractivity contribution < 1.29 is 0 Å². The zero-order valence-corrected chi connectivity index (χ0v) is 27.6. The topological polar surface area (TPSA) is 0 Å². The van der Waals surface area contributed by atoms with Crippen molar-refractivity contribution in [3.8, 4) is 43.8 Å². The van der Waals surface area contributed by atoms with Crippen LogP contribution in [0.1, 0.15) is 0 Å². The zero-order valence-electron chi connectivity index (χ0n) is 26.0. The third kappa shape index (κ3) is 4.20. The fraction of sp³-hybridized carbons (Fsp3) is 0. The number of rotatable bonds is 4. The fourth-order valence-corrected chi connectivity index (χ4v) is 10.2. The van der Waals surface area contributed by atoms with Crippen LogP contribution < -0.4 is 0 Å². The van der Waals surface area contributed by atoms with Gasteiger partial charge in [-0.05, 0) is 61.5 Å². The van der Waals surface area contributed by atoms with E-state index in [1.807, 2.05) is 22.7 Å². The maximum atomic E-state index is 2.47. The van der Waals surface area contributed by atoms with E-state index in [2.05, 4.69) is 170 Å². The molecule has 10 rings (SSSR count). The predicted molar refractivity (Wildman–Crippen MR) is 211 cm³/mol. The lowest BCUT2D eigenvalue weighted by molar-refractivity contribution is 1.66. The Bertz CT molecular complexity index is 2750. The zero-order chi connectivity index (χ0) is 31.6. The van der Waals surface area contributed by atoms with E-state index in [-0.39, 0.29) is 0 Å². The Morgan fingerprint density at radius 1 is 0.292 bits per heavy atom. The monoisotopic (exact) mass is 644 g/mol. The number of fused-ring (bicyclic) bond motifs is 6. The molecule has 0 aliphatic heterocycles. The Kier molecular flexibility index (Phi) is 6.33. The Hall–Kier alpha value is -5.54. The number of benzene rings is 8. The Morgan fingerprint density at radius 2 is 0.771 bits per heavy atom. The van der Waals surface area contributed by atoms with Crippen LogP contribution in [-0.4, -0.2) is 0 Å².